The Labute approximate surface area is 190 Å². The highest BCUT2D eigenvalue weighted by atomic mass is 32.1. The van der Waals surface area contributed by atoms with E-state index in [9.17, 15) is 9.59 Å². The number of furan rings is 1. The van der Waals surface area contributed by atoms with Crippen LogP contribution >= 0.6 is 11.3 Å². The van der Waals surface area contributed by atoms with E-state index in [1.165, 1.54) is 17.6 Å². The molecule has 0 bridgehead atoms. The van der Waals surface area contributed by atoms with Crippen LogP contribution in [0.2, 0.25) is 0 Å². The van der Waals surface area contributed by atoms with Gasteiger partial charge in [0, 0.05) is 17.1 Å². The van der Waals surface area contributed by atoms with Gasteiger partial charge in [-0.3, -0.25) is 9.59 Å². The number of hydrogen-bond donors (Lipinski definition) is 2. The first kappa shape index (κ1) is 21.3. The van der Waals surface area contributed by atoms with Gasteiger partial charge in [-0.1, -0.05) is 48.0 Å². The number of carbonyl (C=O) groups excluding carboxylic acids is 2. The van der Waals surface area contributed by atoms with Crippen LogP contribution in [0.15, 0.2) is 88.9 Å². The SMILES string of the molecule is Cc1cccc(/C=C(/C(=O)NCc2ccc(NC(=O)c3ccco3)cc2)c2cccs2)c1. The third kappa shape index (κ3) is 5.42. The largest absolute Gasteiger partial charge is 0.459 e. The Morgan fingerprint density at radius 3 is 2.53 bits per heavy atom. The molecular formula is C26H22N2O3S. The molecule has 6 heteroatoms. The normalized spacial score (nSPS) is 11.2. The predicted octanol–water partition coefficient (Wildman–Crippen LogP) is 5.76. The van der Waals surface area contributed by atoms with Crippen LogP contribution in [0.5, 0.6) is 0 Å². The average molecular weight is 443 g/mol. The second kappa shape index (κ2) is 9.94. The molecule has 2 heterocycles. The molecule has 32 heavy (non-hydrogen) atoms. The van der Waals surface area contributed by atoms with Gasteiger partial charge in [0.25, 0.3) is 11.8 Å². The molecule has 4 rings (SSSR count). The van der Waals surface area contributed by atoms with Crippen LogP contribution in [0.1, 0.15) is 32.1 Å². The van der Waals surface area contributed by atoms with Gasteiger partial charge in [0.15, 0.2) is 5.76 Å². The second-order valence-electron chi connectivity index (χ2n) is 7.26. The molecule has 0 saturated carbocycles. The zero-order valence-electron chi connectivity index (χ0n) is 17.5. The lowest BCUT2D eigenvalue weighted by Crippen LogP contribution is -2.23. The van der Waals surface area contributed by atoms with Gasteiger partial charge in [-0.2, -0.15) is 0 Å². The maximum Gasteiger partial charge on any atom is 0.291 e. The first-order valence-corrected chi connectivity index (χ1v) is 11.0. The third-order valence-electron chi connectivity index (χ3n) is 4.79. The van der Waals surface area contributed by atoms with Crippen LogP contribution < -0.4 is 10.6 Å². The summed E-state index contributed by atoms with van der Waals surface area (Å²) in [5.74, 6) is -0.190. The summed E-state index contributed by atoms with van der Waals surface area (Å²) in [6, 6.07) is 22.5. The van der Waals surface area contributed by atoms with E-state index in [4.69, 9.17) is 4.42 Å². The standard InChI is InChI=1S/C26H22N2O3S/c1-18-5-2-6-20(15-18)16-22(24-8-4-14-32-24)25(29)27-17-19-9-11-21(12-10-19)28-26(30)23-7-3-13-31-23/h2-16H,17H2,1H3,(H,27,29)(H,28,30)/b22-16+. The quantitative estimate of drug-likeness (QED) is 0.358. The Kier molecular flexibility index (Phi) is 6.63. The minimum Gasteiger partial charge on any atom is -0.459 e. The maximum absolute atomic E-state index is 13.0. The minimum absolute atomic E-state index is 0.135. The summed E-state index contributed by atoms with van der Waals surface area (Å²) >= 11 is 1.53. The molecule has 4 aromatic rings. The Bertz CT molecular complexity index is 1220. The van der Waals surface area contributed by atoms with Crippen molar-refractivity contribution in [2.45, 2.75) is 13.5 Å². The van der Waals surface area contributed by atoms with Crippen LogP contribution in [0.3, 0.4) is 0 Å². The molecule has 0 aliphatic rings. The van der Waals surface area contributed by atoms with Gasteiger partial charge in [0.05, 0.1) is 11.8 Å². The third-order valence-corrected chi connectivity index (χ3v) is 5.70. The lowest BCUT2D eigenvalue weighted by Gasteiger charge is -2.10. The summed E-state index contributed by atoms with van der Waals surface area (Å²) in [7, 11) is 0. The van der Waals surface area contributed by atoms with Crippen molar-refractivity contribution in [3.05, 3.63) is 112 Å². The van der Waals surface area contributed by atoms with Gasteiger partial charge in [-0.25, -0.2) is 0 Å². The molecule has 0 fully saturated rings. The molecule has 2 N–H and O–H groups in total. The van der Waals surface area contributed by atoms with Gasteiger partial charge < -0.3 is 15.1 Å². The molecule has 2 aromatic heterocycles. The summed E-state index contributed by atoms with van der Waals surface area (Å²) in [6.45, 7) is 2.41. The highest BCUT2D eigenvalue weighted by molar-refractivity contribution is 7.11. The smallest absolute Gasteiger partial charge is 0.291 e. The molecular weight excluding hydrogens is 420 g/mol. The molecule has 2 aromatic carbocycles. The summed E-state index contributed by atoms with van der Waals surface area (Å²) in [6.07, 6.45) is 3.37. The summed E-state index contributed by atoms with van der Waals surface area (Å²) < 4.78 is 5.09. The van der Waals surface area contributed by atoms with E-state index >= 15 is 0 Å². The van der Waals surface area contributed by atoms with Crippen LogP contribution in [0, 0.1) is 6.92 Å². The molecule has 0 radical (unpaired) electrons. The summed E-state index contributed by atoms with van der Waals surface area (Å²) in [5.41, 5.74) is 4.34. The lowest BCUT2D eigenvalue weighted by atomic mass is 10.1. The molecule has 0 spiro atoms. The minimum atomic E-state index is -0.307. The Morgan fingerprint density at radius 1 is 1.00 bits per heavy atom. The first-order valence-electron chi connectivity index (χ1n) is 10.1. The topological polar surface area (TPSA) is 71.3 Å². The van der Waals surface area contributed by atoms with E-state index in [1.54, 1.807) is 24.3 Å². The van der Waals surface area contributed by atoms with Crippen molar-refractivity contribution in [1.82, 2.24) is 5.32 Å². The van der Waals surface area contributed by atoms with Gasteiger partial charge in [-0.15, -0.1) is 11.3 Å². The predicted molar refractivity (Wildman–Crippen MR) is 128 cm³/mol. The number of aryl methyl sites for hydroxylation is 1. The van der Waals surface area contributed by atoms with E-state index in [0.29, 0.717) is 17.8 Å². The second-order valence-corrected chi connectivity index (χ2v) is 8.21. The molecule has 0 saturated heterocycles. The Hall–Kier alpha value is -3.90. The molecule has 5 nitrogen and oxygen atoms in total. The maximum atomic E-state index is 13.0. The van der Waals surface area contributed by atoms with Crippen LogP contribution in [0.25, 0.3) is 11.6 Å². The zero-order valence-corrected chi connectivity index (χ0v) is 18.3. The Morgan fingerprint density at radius 2 is 1.84 bits per heavy atom. The van der Waals surface area contributed by atoms with Gasteiger partial charge in [0.1, 0.15) is 0 Å². The molecule has 2 amide bonds. The highest BCUT2D eigenvalue weighted by Gasteiger charge is 2.13. The fraction of sp³-hybridized carbons (Fsp3) is 0.0769. The van der Waals surface area contributed by atoms with Crippen LogP contribution in [0.4, 0.5) is 5.69 Å². The monoisotopic (exact) mass is 442 g/mol. The average Bonchev–Trinajstić information content (AvgIpc) is 3.51. The van der Waals surface area contributed by atoms with Crippen molar-refractivity contribution >= 4 is 40.5 Å². The molecule has 0 aliphatic carbocycles. The van der Waals surface area contributed by atoms with Gasteiger partial charge >= 0.3 is 0 Å². The number of anilines is 1. The van der Waals surface area contributed by atoms with E-state index < -0.39 is 0 Å². The van der Waals surface area contributed by atoms with Crippen LogP contribution in [-0.2, 0) is 11.3 Å². The fourth-order valence-corrected chi connectivity index (χ4v) is 3.93. The number of nitrogens with one attached hydrogen (secondary N) is 2. The van der Waals surface area contributed by atoms with Crippen molar-refractivity contribution in [2.24, 2.45) is 0 Å². The number of carbonyl (C=O) groups is 2. The van der Waals surface area contributed by atoms with Crippen molar-refractivity contribution in [2.75, 3.05) is 5.32 Å². The highest BCUT2D eigenvalue weighted by Crippen LogP contribution is 2.24. The summed E-state index contributed by atoms with van der Waals surface area (Å²) in [4.78, 5) is 26.0. The molecule has 0 unspecified atom stereocenters. The van der Waals surface area contributed by atoms with Crippen molar-refractivity contribution in [3.8, 4) is 0 Å². The number of amides is 2. The fourth-order valence-electron chi connectivity index (χ4n) is 3.19. The molecule has 0 aliphatic heterocycles. The van der Waals surface area contributed by atoms with Crippen molar-refractivity contribution in [1.29, 1.82) is 0 Å². The lowest BCUT2D eigenvalue weighted by molar-refractivity contribution is -0.115. The van der Waals surface area contributed by atoms with E-state index in [-0.39, 0.29) is 17.6 Å². The van der Waals surface area contributed by atoms with Gasteiger partial charge in [-0.05, 0) is 59.8 Å². The number of thiophene rings is 1. The van der Waals surface area contributed by atoms with E-state index in [1.807, 2.05) is 60.8 Å². The van der Waals surface area contributed by atoms with E-state index in [2.05, 4.69) is 16.7 Å². The number of benzene rings is 2. The van der Waals surface area contributed by atoms with Crippen molar-refractivity contribution in [3.63, 3.8) is 0 Å². The van der Waals surface area contributed by atoms with Crippen molar-refractivity contribution < 1.29 is 14.0 Å². The first-order chi connectivity index (χ1) is 15.6. The number of rotatable bonds is 7. The van der Waals surface area contributed by atoms with Crippen LogP contribution in [-0.4, -0.2) is 11.8 Å². The Balaban J connectivity index is 1.42. The zero-order chi connectivity index (χ0) is 22.3. The molecule has 160 valence electrons. The molecule has 0 atom stereocenters. The van der Waals surface area contributed by atoms with Gasteiger partial charge in [0.2, 0.25) is 0 Å². The summed E-state index contributed by atoms with van der Waals surface area (Å²) in [5, 5.41) is 7.74. The number of hydrogen-bond acceptors (Lipinski definition) is 4. The van der Waals surface area contributed by atoms with E-state index in [0.717, 1.165) is 21.6 Å².